The van der Waals surface area contributed by atoms with Crippen LogP contribution in [0.5, 0.6) is 0 Å². The fourth-order valence-electron chi connectivity index (χ4n) is 2.66. The molecule has 1 fully saturated rings. The smallest absolute Gasteiger partial charge is 0.259 e. The van der Waals surface area contributed by atoms with Crippen LogP contribution < -0.4 is 10.2 Å². The maximum absolute atomic E-state index is 12.4. The van der Waals surface area contributed by atoms with Gasteiger partial charge in [0.2, 0.25) is 5.95 Å². The van der Waals surface area contributed by atoms with Gasteiger partial charge >= 0.3 is 0 Å². The molecule has 5 nitrogen and oxygen atoms in total. The molecule has 0 saturated carbocycles. The van der Waals surface area contributed by atoms with E-state index in [2.05, 4.69) is 20.2 Å². The number of nitrogens with one attached hydrogen (secondary N) is 1. The molecule has 0 radical (unpaired) electrons. The summed E-state index contributed by atoms with van der Waals surface area (Å²) >= 11 is 5.84. The zero-order valence-corrected chi connectivity index (χ0v) is 13.8. The molecular formula is C17H19ClN4O. The van der Waals surface area contributed by atoms with Crippen molar-refractivity contribution in [1.82, 2.24) is 9.97 Å². The van der Waals surface area contributed by atoms with Gasteiger partial charge in [-0.25, -0.2) is 9.97 Å². The van der Waals surface area contributed by atoms with E-state index in [1.807, 2.05) is 6.92 Å². The standard InChI is InChI=1S/C17H19ClN4O/c1-12-15(16(23)21-14-7-5-13(18)6-8-14)11-19-17(20-12)22-9-3-2-4-10-22/h5-8,11H,2-4,9-10H2,1H3,(H,21,23). The van der Waals surface area contributed by atoms with E-state index in [-0.39, 0.29) is 5.91 Å². The van der Waals surface area contributed by atoms with E-state index in [4.69, 9.17) is 11.6 Å². The van der Waals surface area contributed by atoms with Gasteiger partial charge in [0.05, 0.1) is 11.3 Å². The lowest BCUT2D eigenvalue weighted by Crippen LogP contribution is -2.31. The number of anilines is 2. The van der Waals surface area contributed by atoms with Gasteiger partial charge in [0.25, 0.3) is 5.91 Å². The number of piperidine rings is 1. The number of benzene rings is 1. The zero-order valence-electron chi connectivity index (χ0n) is 13.1. The molecule has 6 heteroatoms. The van der Waals surface area contributed by atoms with Crippen LogP contribution in [-0.2, 0) is 0 Å². The lowest BCUT2D eigenvalue weighted by molar-refractivity contribution is 0.102. The minimum Gasteiger partial charge on any atom is -0.341 e. The van der Waals surface area contributed by atoms with Crippen molar-refractivity contribution < 1.29 is 4.79 Å². The number of halogens is 1. The molecule has 2 heterocycles. The van der Waals surface area contributed by atoms with Gasteiger partial charge in [0.15, 0.2) is 0 Å². The van der Waals surface area contributed by atoms with Crippen LogP contribution in [0.25, 0.3) is 0 Å². The first-order chi connectivity index (χ1) is 11.1. The van der Waals surface area contributed by atoms with Crippen molar-refractivity contribution in [3.8, 4) is 0 Å². The number of hydrogen-bond acceptors (Lipinski definition) is 4. The minimum absolute atomic E-state index is 0.213. The molecule has 3 rings (SSSR count). The van der Waals surface area contributed by atoms with Crippen LogP contribution >= 0.6 is 11.6 Å². The van der Waals surface area contributed by atoms with Crippen molar-refractivity contribution in [2.24, 2.45) is 0 Å². The molecule has 1 amide bonds. The highest BCUT2D eigenvalue weighted by Crippen LogP contribution is 2.18. The summed E-state index contributed by atoms with van der Waals surface area (Å²) < 4.78 is 0. The van der Waals surface area contributed by atoms with Crippen LogP contribution in [0.2, 0.25) is 5.02 Å². The van der Waals surface area contributed by atoms with Crippen molar-refractivity contribution in [2.45, 2.75) is 26.2 Å². The Labute approximate surface area is 140 Å². The lowest BCUT2D eigenvalue weighted by Gasteiger charge is -2.26. The Morgan fingerprint density at radius 2 is 1.87 bits per heavy atom. The molecule has 1 aliphatic rings. The van der Waals surface area contributed by atoms with Gasteiger partial charge in [-0.1, -0.05) is 11.6 Å². The van der Waals surface area contributed by atoms with Crippen molar-refractivity contribution in [2.75, 3.05) is 23.3 Å². The summed E-state index contributed by atoms with van der Waals surface area (Å²) in [6.07, 6.45) is 5.21. The number of rotatable bonds is 3. The molecule has 1 aromatic heterocycles. The number of carbonyl (C=O) groups is 1. The molecule has 120 valence electrons. The van der Waals surface area contributed by atoms with E-state index < -0.39 is 0 Å². The van der Waals surface area contributed by atoms with Crippen LogP contribution in [0.15, 0.2) is 30.5 Å². The van der Waals surface area contributed by atoms with Crippen molar-refractivity contribution >= 4 is 29.1 Å². The van der Waals surface area contributed by atoms with E-state index >= 15 is 0 Å². The third kappa shape index (κ3) is 3.79. The summed E-state index contributed by atoms with van der Waals surface area (Å²) in [5.74, 6) is 0.500. The molecule has 0 unspecified atom stereocenters. The summed E-state index contributed by atoms with van der Waals surface area (Å²) in [5, 5.41) is 3.47. The second-order valence-electron chi connectivity index (χ2n) is 5.68. The van der Waals surface area contributed by atoms with Crippen LogP contribution in [0.4, 0.5) is 11.6 Å². The van der Waals surface area contributed by atoms with Gasteiger partial charge in [-0.15, -0.1) is 0 Å². The average molecular weight is 331 g/mol. The third-order valence-corrected chi connectivity index (χ3v) is 4.20. The summed E-state index contributed by atoms with van der Waals surface area (Å²) in [6, 6.07) is 7.00. The SMILES string of the molecule is Cc1nc(N2CCCCC2)ncc1C(=O)Nc1ccc(Cl)cc1. The minimum atomic E-state index is -0.213. The van der Waals surface area contributed by atoms with E-state index in [9.17, 15) is 4.79 Å². The van der Waals surface area contributed by atoms with Crippen LogP contribution in [0.3, 0.4) is 0 Å². The summed E-state index contributed by atoms with van der Waals surface area (Å²) in [5.41, 5.74) is 1.87. The van der Waals surface area contributed by atoms with E-state index in [0.29, 0.717) is 27.9 Å². The highest BCUT2D eigenvalue weighted by Gasteiger charge is 2.17. The molecule has 0 aliphatic carbocycles. The average Bonchev–Trinajstić information content (AvgIpc) is 2.57. The second-order valence-corrected chi connectivity index (χ2v) is 6.11. The molecule has 2 aromatic rings. The highest BCUT2D eigenvalue weighted by molar-refractivity contribution is 6.30. The number of amides is 1. The molecule has 1 N–H and O–H groups in total. The normalized spacial score (nSPS) is 14.6. The number of nitrogens with zero attached hydrogens (tertiary/aromatic N) is 3. The molecule has 1 aliphatic heterocycles. The Bertz CT molecular complexity index is 696. The second kappa shape index (κ2) is 6.96. The molecular weight excluding hydrogens is 312 g/mol. The maximum atomic E-state index is 12.4. The molecule has 23 heavy (non-hydrogen) atoms. The monoisotopic (exact) mass is 330 g/mol. The Morgan fingerprint density at radius 3 is 2.52 bits per heavy atom. The van der Waals surface area contributed by atoms with Crippen LogP contribution in [0.1, 0.15) is 35.3 Å². The van der Waals surface area contributed by atoms with E-state index in [1.54, 1.807) is 30.5 Å². The summed E-state index contributed by atoms with van der Waals surface area (Å²) in [6.45, 7) is 3.80. The quantitative estimate of drug-likeness (QED) is 0.932. The first-order valence-corrected chi connectivity index (χ1v) is 8.17. The number of carbonyl (C=O) groups excluding carboxylic acids is 1. The first kappa shape index (κ1) is 15.7. The van der Waals surface area contributed by atoms with E-state index in [1.165, 1.54) is 19.3 Å². The molecule has 0 bridgehead atoms. The summed E-state index contributed by atoms with van der Waals surface area (Å²) in [7, 11) is 0. The van der Waals surface area contributed by atoms with Gasteiger partial charge in [0, 0.05) is 30.0 Å². The largest absolute Gasteiger partial charge is 0.341 e. The fraction of sp³-hybridized carbons (Fsp3) is 0.353. The van der Waals surface area contributed by atoms with Crippen molar-refractivity contribution in [3.63, 3.8) is 0 Å². The third-order valence-electron chi connectivity index (χ3n) is 3.95. The maximum Gasteiger partial charge on any atom is 0.259 e. The van der Waals surface area contributed by atoms with Gasteiger partial charge in [0.1, 0.15) is 0 Å². The Hall–Kier alpha value is -2.14. The lowest BCUT2D eigenvalue weighted by atomic mass is 10.1. The number of aryl methyl sites for hydroxylation is 1. The topological polar surface area (TPSA) is 58.1 Å². The van der Waals surface area contributed by atoms with E-state index in [0.717, 1.165) is 13.1 Å². The summed E-state index contributed by atoms with van der Waals surface area (Å²) in [4.78, 5) is 23.4. The Balaban J connectivity index is 1.74. The molecule has 1 aromatic carbocycles. The van der Waals surface area contributed by atoms with Gasteiger partial charge in [-0.2, -0.15) is 0 Å². The van der Waals surface area contributed by atoms with Gasteiger partial charge < -0.3 is 10.2 Å². The van der Waals surface area contributed by atoms with Gasteiger partial charge in [-0.05, 0) is 50.5 Å². The van der Waals surface area contributed by atoms with Crippen molar-refractivity contribution in [1.29, 1.82) is 0 Å². The molecule has 1 saturated heterocycles. The first-order valence-electron chi connectivity index (χ1n) is 7.79. The number of aromatic nitrogens is 2. The fourth-order valence-corrected chi connectivity index (χ4v) is 2.78. The molecule has 0 atom stereocenters. The van der Waals surface area contributed by atoms with Crippen molar-refractivity contribution in [3.05, 3.63) is 46.7 Å². The Kier molecular flexibility index (Phi) is 4.76. The van der Waals surface area contributed by atoms with Gasteiger partial charge in [-0.3, -0.25) is 4.79 Å². The predicted octanol–water partition coefficient (Wildman–Crippen LogP) is 3.68. The van der Waals surface area contributed by atoms with Crippen LogP contribution in [-0.4, -0.2) is 29.0 Å². The zero-order chi connectivity index (χ0) is 16.2. The number of hydrogen-bond donors (Lipinski definition) is 1. The predicted molar refractivity (Wildman–Crippen MR) is 92.2 cm³/mol. The molecule has 0 spiro atoms. The highest BCUT2D eigenvalue weighted by atomic mass is 35.5. The Morgan fingerprint density at radius 1 is 1.17 bits per heavy atom. The van der Waals surface area contributed by atoms with Crippen LogP contribution in [0, 0.1) is 6.92 Å².